The summed E-state index contributed by atoms with van der Waals surface area (Å²) in [6.07, 6.45) is 1.86. The SMILES string of the molecule is C=C(NC(C)c1cccc2ccccc12)c1ccc(C)c(/C(C)=C(/C)CCc2ccc(-c3ccccc3C(=O)O)cc2)c1. The van der Waals surface area contributed by atoms with Crippen molar-refractivity contribution in [2.45, 2.75) is 46.6 Å². The van der Waals surface area contributed by atoms with E-state index in [2.05, 4.69) is 112 Å². The molecule has 2 N–H and O–H groups in total. The summed E-state index contributed by atoms with van der Waals surface area (Å²) in [6, 6.07) is 37.1. The Hall–Kier alpha value is -4.89. The van der Waals surface area contributed by atoms with E-state index in [0.29, 0.717) is 5.56 Å². The molecule has 0 saturated carbocycles. The van der Waals surface area contributed by atoms with Crippen LogP contribution in [0.1, 0.15) is 71.4 Å². The van der Waals surface area contributed by atoms with Gasteiger partial charge in [0.1, 0.15) is 0 Å². The summed E-state index contributed by atoms with van der Waals surface area (Å²) >= 11 is 0. The molecule has 0 bridgehead atoms. The normalized spacial score (nSPS) is 12.5. The molecule has 0 aliphatic heterocycles. The summed E-state index contributed by atoms with van der Waals surface area (Å²) < 4.78 is 0. The Morgan fingerprint density at radius 1 is 0.837 bits per heavy atom. The van der Waals surface area contributed by atoms with Gasteiger partial charge in [-0.3, -0.25) is 0 Å². The van der Waals surface area contributed by atoms with Gasteiger partial charge < -0.3 is 10.4 Å². The largest absolute Gasteiger partial charge is 0.478 e. The number of carbonyl (C=O) groups is 1. The first-order chi connectivity index (χ1) is 20.7. The monoisotopic (exact) mass is 565 g/mol. The number of hydrogen-bond donors (Lipinski definition) is 2. The highest BCUT2D eigenvalue weighted by Gasteiger charge is 2.13. The molecule has 0 heterocycles. The Morgan fingerprint density at radius 2 is 1.53 bits per heavy atom. The molecule has 5 aromatic carbocycles. The number of aromatic carboxylic acids is 1. The molecule has 0 aliphatic rings. The molecule has 0 saturated heterocycles. The van der Waals surface area contributed by atoms with Crippen molar-refractivity contribution in [2.24, 2.45) is 0 Å². The fourth-order valence-corrected chi connectivity index (χ4v) is 5.79. The number of aryl methyl sites for hydroxylation is 2. The van der Waals surface area contributed by atoms with Crippen LogP contribution in [-0.4, -0.2) is 11.1 Å². The first kappa shape index (κ1) is 29.6. The molecule has 5 aromatic rings. The minimum absolute atomic E-state index is 0.116. The average molecular weight is 566 g/mol. The molecule has 216 valence electrons. The molecule has 1 unspecified atom stereocenters. The van der Waals surface area contributed by atoms with Crippen LogP contribution in [0.25, 0.3) is 33.2 Å². The zero-order valence-corrected chi connectivity index (χ0v) is 25.4. The number of fused-ring (bicyclic) bond motifs is 1. The van der Waals surface area contributed by atoms with E-state index in [1.54, 1.807) is 12.1 Å². The number of carboxylic acid groups (broad SMARTS) is 1. The predicted molar refractivity (Wildman–Crippen MR) is 181 cm³/mol. The van der Waals surface area contributed by atoms with Gasteiger partial charge in [0.15, 0.2) is 0 Å². The standard InChI is InChI=1S/C40H39NO2/c1-26(17-19-31-20-23-33(24-21-31)37-14-8-9-15-38(37)40(42)43)28(3)39-25-34(22-18-27(39)2)29(4)41-30(5)35-16-10-12-32-11-6-7-13-36(32)35/h6-16,18,20-25,30,41H,4,17,19H2,1-3,5H3,(H,42,43)/b28-26-. The lowest BCUT2D eigenvalue weighted by molar-refractivity contribution is 0.0697. The molecular formula is C40H39NO2. The fraction of sp³-hybridized carbons (Fsp3) is 0.175. The summed E-state index contributed by atoms with van der Waals surface area (Å²) in [5.41, 5.74) is 11.6. The highest BCUT2D eigenvalue weighted by Crippen LogP contribution is 2.30. The van der Waals surface area contributed by atoms with Crippen LogP contribution in [0.15, 0.2) is 121 Å². The third-order valence-corrected chi connectivity index (χ3v) is 8.52. The van der Waals surface area contributed by atoms with E-state index < -0.39 is 5.97 Å². The molecular weight excluding hydrogens is 526 g/mol. The number of carboxylic acids is 1. The van der Waals surface area contributed by atoms with E-state index in [4.69, 9.17) is 0 Å². The van der Waals surface area contributed by atoms with Crippen molar-refractivity contribution in [1.29, 1.82) is 0 Å². The van der Waals surface area contributed by atoms with Crippen LogP contribution in [0.5, 0.6) is 0 Å². The Kier molecular flexibility index (Phi) is 8.92. The third-order valence-electron chi connectivity index (χ3n) is 8.52. The van der Waals surface area contributed by atoms with Crippen LogP contribution in [-0.2, 0) is 6.42 Å². The van der Waals surface area contributed by atoms with Gasteiger partial charge in [0.2, 0.25) is 0 Å². The summed E-state index contributed by atoms with van der Waals surface area (Å²) in [7, 11) is 0. The zero-order valence-electron chi connectivity index (χ0n) is 25.4. The van der Waals surface area contributed by atoms with Gasteiger partial charge in [0.05, 0.1) is 5.56 Å². The molecule has 0 radical (unpaired) electrons. The van der Waals surface area contributed by atoms with Gasteiger partial charge in [0, 0.05) is 11.7 Å². The Balaban J connectivity index is 1.29. The van der Waals surface area contributed by atoms with Crippen LogP contribution in [0, 0.1) is 6.92 Å². The van der Waals surface area contributed by atoms with Gasteiger partial charge in [-0.1, -0.05) is 109 Å². The minimum atomic E-state index is -0.908. The number of nitrogens with one attached hydrogen (secondary N) is 1. The summed E-state index contributed by atoms with van der Waals surface area (Å²) in [6.45, 7) is 13.2. The molecule has 0 spiro atoms. The quantitative estimate of drug-likeness (QED) is 0.177. The second-order valence-electron chi connectivity index (χ2n) is 11.4. The van der Waals surface area contributed by atoms with Crippen LogP contribution in [0.4, 0.5) is 0 Å². The van der Waals surface area contributed by atoms with E-state index in [9.17, 15) is 9.90 Å². The number of rotatable bonds is 10. The minimum Gasteiger partial charge on any atom is -0.478 e. The Morgan fingerprint density at radius 3 is 2.30 bits per heavy atom. The van der Waals surface area contributed by atoms with Gasteiger partial charge in [-0.15, -0.1) is 0 Å². The van der Waals surface area contributed by atoms with Crippen molar-refractivity contribution in [1.82, 2.24) is 5.32 Å². The summed E-state index contributed by atoms with van der Waals surface area (Å²) in [5.74, 6) is -0.908. The summed E-state index contributed by atoms with van der Waals surface area (Å²) in [5, 5.41) is 15.7. The maximum atomic E-state index is 11.6. The molecule has 0 amide bonds. The number of hydrogen-bond acceptors (Lipinski definition) is 2. The third kappa shape index (κ3) is 6.62. The molecule has 0 aromatic heterocycles. The van der Waals surface area contributed by atoms with E-state index in [0.717, 1.165) is 35.2 Å². The Labute approximate surface area is 255 Å². The van der Waals surface area contributed by atoms with Crippen molar-refractivity contribution >= 4 is 28.0 Å². The molecule has 5 rings (SSSR count). The number of allylic oxidation sites excluding steroid dienone is 2. The van der Waals surface area contributed by atoms with E-state index >= 15 is 0 Å². The number of benzene rings is 5. The van der Waals surface area contributed by atoms with Crippen molar-refractivity contribution in [2.75, 3.05) is 0 Å². The molecule has 3 heteroatoms. The van der Waals surface area contributed by atoms with Crippen LogP contribution < -0.4 is 5.32 Å². The van der Waals surface area contributed by atoms with Gasteiger partial charge in [-0.2, -0.15) is 0 Å². The zero-order chi connectivity index (χ0) is 30.5. The van der Waals surface area contributed by atoms with E-state index in [-0.39, 0.29) is 6.04 Å². The highest BCUT2D eigenvalue weighted by atomic mass is 16.4. The van der Waals surface area contributed by atoms with Gasteiger partial charge in [-0.25, -0.2) is 4.79 Å². The topological polar surface area (TPSA) is 49.3 Å². The van der Waals surface area contributed by atoms with Gasteiger partial charge in [0.25, 0.3) is 0 Å². The maximum absolute atomic E-state index is 11.6. The van der Waals surface area contributed by atoms with E-state index in [1.807, 2.05) is 24.3 Å². The fourth-order valence-electron chi connectivity index (χ4n) is 5.79. The lowest BCUT2D eigenvalue weighted by Crippen LogP contribution is -2.17. The van der Waals surface area contributed by atoms with Gasteiger partial charge >= 0.3 is 5.97 Å². The van der Waals surface area contributed by atoms with Crippen molar-refractivity contribution in [3.63, 3.8) is 0 Å². The maximum Gasteiger partial charge on any atom is 0.336 e. The van der Waals surface area contributed by atoms with Gasteiger partial charge in [-0.05, 0) is 108 Å². The molecule has 3 nitrogen and oxygen atoms in total. The first-order valence-corrected chi connectivity index (χ1v) is 14.9. The Bertz CT molecular complexity index is 1820. The second-order valence-corrected chi connectivity index (χ2v) is 11.4. The smallest absolute Gasteiger partial charge is 0.336 e. The van der Waals surface area contributed by atoms with Crippen LogP contribution >= 0.6 is 0 Å². The lowest BCUT2D eigenvalue weighted by Gasteiger charge is -2.21. The predicted octanol–water partition coefficient (Wildman–Crippen LogP) is 10.3. The first-order valence-electron chi connectivity index (χ1n) is 14.9. The molecule has 1 atom stereocenters. The highest BCUT2D eigenvalue weighted by molar-refractivity contribution is 5.96. The molecule has 43 heavy (non-hydrogen) atoms. The van der Waals surface area contributed by atoms with Crippen LogP contribution in [0.3, 0.4) is 0 Å². The average Bonchev–Trinajstić information content (AvgIpc) is 3.03. The lowest BCUT2D eigenvalue weighted by atomic mass is 9.92. The van der Waals surface area contributed by atoms with Crippen molar-refractivity contribution < 1.29 is 9.90 Å². The molecule has 0 fully saturated rings. The van der Waals surface area contributed by atoms with E-state index in [1.165, 1.54) is 44.2 Å². The second kappa shape index (κ2) is 13.0. The molecule has 0 aliphatic carbocycles. The van der Waals surface area contributed by atoms with Crippen molar-refractivity contribution in [3.05, 3.63) is 155 Å². The van der Waals surface area contributed by atoms with Crippen LogP contribution in [0.2, 0.25) is 0 Å². The van der Waals surface area contributed by atoms with Crippen molar-refractivity contribution in [3.8, 4) is 11.1 Å². The summed E-state index contributed by atoms with van der Waals surface area (Å²) in [4.78, 5) is 11.6.